The van der Waals surface area contributed by atoms with Gasteiger partial charge in [-0.1, -0.05) is 44.2 Å². The maximum absolute atomic E-state index is 12.9. The summed E-state index contributed by atoms with van der Waals surface area (Å²) < 4.78 is 5.17. The van der Waals surface area contributed by atoms with E-state index >= 15 is 0 Å². The van der Waals surface area contributed by atoms with Gasteiger partial charge in [-0.25, -0.2) is 9.59 Å². The average molecular weight is 378 g/mol. The number of alkyl carbamates (subject to hydrolysis) is 1. The van der Waals surface area contributed by atoms with E-state index in [1.807, 2.05) is 30.3 Å². The van der Waals surface area contributed by atoms with Crippen LogP contribution in [0.3, 0.4) is 0 Å². The van der Waals surface area contributed by atoms with Crippen LogP contribution in [0.2, 0.25) is 0 Å². The van der Waals surface area contributed by atoms with E-state index in [1.54, 1.807) is 13.8 Å². The number of ether oxygens (including phenoxy) is 1. The molecule has 0 radical (unpaired) electrons. The Bertz CT molecular complexity index is 663. The molecule has 1 heterocycles. The monoisotopic (exact) mass is 378 g/mol. The molecule has 3 atom stereocenters. The van der Waals surface area contributed by atoms with E-state index < -0.39 is 36.2 Å². The lowest BCUT2D eigenvalue weighted by Gasteiger charge is -2.31. The zero-order valence-electron chi connectivity index (χ0n) is 15.5. The van der Waals surface area contributed by atoms with Crippen LogP contribution in [0.25, 0.3) is 0 Å². The van der Waals surface area contributed by atoms with Crippen LogP contribution in [-0.2, 0) is 20.9 Å². The molecule has 8 heteroatoms. The lowest BCUT2D eigenvalue weighted by atomic mass is 10.0. The van der Waals surface area contributed by atoms with Crippen LogP contribution < -0.4 is 5.32 Å². The number of benzene rings is 1. The van der Waals surface area contributed by atoms with Crippen molar-refractivity contribution in [3.8, 4) is 0 Å². The number of amides is 2. The second-order valence-corrected chi connectivity index (χ2v) is 6.95. The van der Waals surface area contributed by atoms with E-state index in [0.29, 0.717) is 19.4 Å². The highest BCUT2D eigenvalue weighted by Gasteiger charge is 2.40. The number of carboxylic acids is 1. The highest BCUT2D eigenvalue weighted by molar-refractivity contribution is 5.87. The molecule has 1 aromatic rings. The standard InChI is InChI=1S/C19H26N2O6/c1-12(2)15(20-19(26)27-11-13-7-4-3-5-8-13)17(23)21-10-6-9-14(21)16(22)18(24)25/h3-5,7-8,12,14-16,22H,6,9-11H2,1-2H3,(H,20,26)(H,24,25)/t14?,15-,16?/m0/s1. The summed E-state index contributed by atoms with van der Waals surface area (Å²) in [5.41, 5.74) is 0.823. The number of carboxylic acid groups (broad SMARTS) is 1. The van der Waals surface area contributed by atoms with Crippen molar-refractivity contribution in [3.63, 3.8) is 0 Å². The predicted octanol–water partition coefficient (Wildman–Crippen LogP) is 1.37. The number of rotatable bonds is 7. The largest absolute Gasteiger partial charge is 0.479 e. The van der Waals surface area contributed by atoms with Gasteiger partial charge in [-0.2, -0.15) is 0 Å². The van der Waals surface area contributed by atoms with Gasteiger partial charge in [0.15, 0.2) is 6.10 Å². The molecule has 0 aromatic heterocycles. The smallest absolute Gasteiger partial charge is 0.408 e. The fraction of sp³-hybridized carbons (Fsp3) is 0.526. The molecule has 1 fully saturated rings. The average Bonchev–Trinajstić information content (AvgIpc) is 3.13. The van der Waals surface area contributed by atoms with E-state index in [4.69, 9.17) is 9.84 Å². The molecule has 8 nitrogen and oxygen atoms in total. The van der Waals surface area contributed by atoms with Crippen LogP contribution in [0, 0.1) is 5.92 Å². The second-order valence-electron chi connectivity index (χ2n) is 6.95. The molecule has 0 spiro atoms. The predicted molar refractivity (Wildman–Crippen MR) is 96.8 cm³/mol. The van der Waals surface area contributed by atoms with Gasteiger partial charge in [0.25, 0.3) is 0 Å². The van der Waals surface area contributed by atoms with Gasteiger partial charge in [0.05, 0.1) is 6.04 Å². The molecular weight excluding hydrogens is 352 g/mol. The minimum Gasteiger partial charge on any atom is -0.479 e. The Labute approximate surface area is 158 Å². The van der Waals surface area contributed by atoms with E-state index in [9.17, 15) is 19.5 Å². The molecule has 27 heavy (non-hydrogen) atoms. The normalized spacial score (nSPS) is 18.8. The van der Waals surface area contributed by atoms with Crippen molar-refractivity contribution in [3.05, 3.63) is 35.9 Å². The zero-order chi connectivity index (χ0) is 20.0. The Kier molecular flexibility index (Phi) is 7.18. The maximum atomic E-state index is 12.9. The van der Waals surface area contributed by atoms with Crippen LogP contribution >= 0.6 is 0 Å². The molecule has 1 aliphatic rings. The zero-order valence-corrected chi connectivity index (χ0v) is 15.5. The number of carbonyl (C=O) groups excluding carboxylic acids is 2. The topological polar surface area (TPSA) is 116 Å². The minimum absolute atomic E-state index is 0.0791. The Balaban J connectivity index is 1.99. The number of aliphatic carboxylic acids is 1. The Morgan fingerprint density at radius 2 is 1.93 bits per heavy atom. The van der Waals surface area contributed by atoms with Crippen molar-refractivity contribution < 1.29 is 29.3 Å². The number of carbonyl (C=O) groups is 3. The molecule has 1 aromatic carbocycles. The molecule has 2 rings (SSSR count). The van der Waals surface area contributed by atoms with Crippen LogP contribution in [0.5, 0.6) is 0 Å². The Morgan fingerprint density at radius 3 is 2.52 bits per heavy atom. The summed E-state index contributed by atoms with van der Waals surface area (Å²) in [5.74, 6) is -2.01. The first-order valence-electron chi connectivity index (χ1n) is 8.99. The fourth-order valence-corrected chi connectivity index (χ4v) is 3.14. The molecule has 1 saturated heterocycles. The van der Waals surface area contributed by atoms with Gasteiger partial charge in [-0.05, 0) is 24.3 Å². The van der Waals surface area contributed by atoms with Gasteiger partial charge < -0.3 is 25.2 Å². The number of likely N-dealkylation sites (tertiary alicyclic amines) is 1. The van der Waals surface area contributed by atoms with Crippen molar-refractivity contribution in [2.45, 2.75) is 51.5 Å². The van der Waals surface area contributed by atoms with Crippen LogP contribution in [-0.4, -0.2) is 57.8 Å². The number of aliphatic hydroxyl groups is 1. The Hall–Kier alpha value is -2.61. The maximum Gasteiger partial charge on any atom is 0.408 e. The summed E-state index contributed by atoms with van der Waals surface area (Å²) in [7, 11) is 0. The quantitative estimate of drug-likeness (QED) is 0.660. The highest BCUT2D eigenvalue weighted by Crippen LogP contribution is 2.23. The summed E-state index contributed by atoms with van der Waals surface area (Å²) in [6.07, 6.45) is -1.36. The number of hydrogen-bond acceptors (Lipinski definition) is 5. The van der Waals surface area contributed by atoms with Crippen molar-refractivity contribution in [1.82, 2.24) is 10.2 Å². The molecule has 0 bridgehead atoms. The molecule has 2 amide bonds. The van der Waals surface area contributed by atoms with Gasteiger partial charge >= 0.3 is 12.1 Å². The van der Waals surface area contributed by atoms with Gasteiger partial charge in [0.2, 0.25) is 5.91 Å². The van der Waals surface area contributed by atoms with E-state index in [-0.39, 0.29) is 12.5 Å². The number of aliphatic hydroxyl groups excluding tert-OH is 1. The van der Waals surface area contributed by atoms with Crippen molar-refractivity contribution in [2.24, 2.45) is 5.92 Å². The number of nitrogens with zero attached hydrogens (tertiary/aromatic N) is 1. The van der Waals surface area contributed by atoms with Crippen molar-refractivity contribution >= 4 is 18.0 Å². The molecule has 0 saturated carbocycles. The van der Waals surface area contributed by atoms with Crippen LogP contribution in [0.15, 0.2) is 30.3 Å². The van der Waals surface area contributed by atoms with E-state index in [1.165, 1.54) is 4.90 Å². The highest BCUT2D eigenvalue weighted by atomic mass is 16.5. The van der Waals surface area contributed by atoms with Gasteiger partial charge in [0.1, 0.15) is 12.6 Å². The molecule has 3 N–H and O–H groups in total. The van der Waals surface area contributed by atoms with E-state index in [2.05, 4.69) is 5.32 Å². The third-order valence-electron chi connectivity index (χ3n) is 4.62. The summed E-state index contributed by atoms with van der Waals surface area (Å²) in [5, 5.41) is 21.5. The summed E-state index contributed by atoms with van der Waals surface area (Å²) in [6, 6.07) is 7.50. The summed E-state index contributed by atoms with van der Waals surface area (Å²) >= 11 is 0. The molecule has 1 aliphatic heterocycles. The first-order chi connectivity index (χ1) is 12.8. The fourth-order valence-electron chi connectivity index (χ4n) is 3.14. The lowest BCUT2D eigenvalue weighted by molar-refractivity contribution is -0.152. The first-order valence-corrected chi connectivity index (χ1v) is 8.99. The Morgan fingerprint density at radius 1 is 1.26 bits per heavy atom. The van der Waals surface area contributed by atoms with Gasteiger partial charge in [-0.3, -0.25) is 4.79 Å². The van der Waals surface area contributed by atoms with Crippen LogP contribution in [0.4, 0.5) is 4.79 Å². The second kappa shape index (κ2) is 9.36. The van der Waals surface area contributed by atoms with Gasteiger partial charge in [0, 0.05) is 6.54 Å². The minimum atomic E-state index is -1.64. The third kappa shape index (κ3) is 5.43. The molecule has 2 unspecified atom stereocenters. The molecule has 148 valence electrons. The molecule has 0 aliphatic carbocycles. The van der Waals surface area contributed by atoms with Gasteiger partial charge in [-0.15, -0.1) is 0 Å². The van der Waals surface area contributed by atoms with E-state index in [0.717, 1.165) is 5.56 Å². The van der Waals surface area contributed by atoms with Crippen molar-refractivity contribution in [1.29, 1.82) is 0 Å². The molecular formula is C19H26N2O6. The SMILES string of the molecule is CC(C)[C@H](NC(=O)OCc1ccccc1)C(=O)N1CCCC1C(O)C(=O)O. The first kappa shape index (κ1) is 20.7. The number of nitrogens with one attached hydrogen (secondary N) is 1. The van der Waals surface area contributed by atoms with Crippen LogP contribution in [0.1, 0.15) is 32.3 Å². The number of hydrogen-bond donors (Lipinski definition) is 3. The summed E-state index contributed by atoms with van der Waals surface area (Å²) in [4.78, 5) is 37.4. The lowest BCUT2D eigenvalue weighted by Crippen LogP contribution is -2.55. The van der Waals surface area contributed by atoms with Crippen molar-refractivity contribution in [2.75, 3.05) is 6.54 Å². The summed E-state index contributed by atoms with van der Waals surface area (Å²) in [6.45, 7) is 3.98. The third-order valence-corrected chi connectivity index (χ3v) is 4.62.